The number of rotatable bonds is 3. The predicted octanol–water partition coefficient (Wildman–Crippen LogP) is 0.182. The van der Waals surface area contributed by atoms with E-state index in [4.69, 9.17) is 5.73 Å². The van der Waals surface area contributed by atoms with Crippen molar-refractivity contribution in [3.8, 4) is 0 Å². The number of hydrogen-bond donors (Lipinski definition) is 2. The van der Waals surface area contributed by atoms with E-state index in [0.29, 0.717) is 6.54 Å². The number of nitrogens with two attached hydrogens (primary N) is 1. The zero-order chi connectivity index (χ0) is 11.5. The first-order valence-corrected chi connectivity index (χ1v) is 5.68. The van der Waals surface area contributed by atoms with Crippen LogP contribution in [0.2, 0.25) is 0 Å². The molecule has 1 aliphatic heterocycles. The van der Waals surface area contributed by atoms with Gasteiger partial charge in [0.25, 0.3) is 0 Å². The molecule has 0 saturated carbocycles. The number of hydrogen-bond acceptors (Lipinski definition) is 3. The fourth-order valence-electron chi connectivity index (χ4n) is 1.83. The summed E-state index contributed by atoms with van der Waals surface area (Å²) in [4.78, 5) is 13.8. The van der Waals surface area contributed by atoms with Gasteiger partial charge in [0.2, 0.25) is 5.91 Å². The van der Waals surface area contributed by atoms with Crippen LogP contribution in [-0.4, -0.2) is 43.0 Å². The lowest BCUT2D eigenvalue weighted by molar-refractivity contribution is -0.125. The molecular formula is C11H23N3O. The Morgan fingerprint density at radius 1 is 1.60 bits per heavy atom. The van der Waals surface area contributed by atoms with E-state index in [0.717, 1.165) is 26.1 Å². The molecule has 0 spiro atoms. The molecule has 1 amide bonds. The quantitative estimate of drug-likeness (QED) is 0.703. The van der Waals surface area contributed by atoms with Gasteiger partial charge in [-0.05, 0) is 25.3 Å². The minimum Gasteiger partial charge on any atom is -0.355 e. The average molecular weight is 213 g/mol. The van der Waals surface area contributed by atoms with Crippen molar-refractivity contribution in [3.63, 3.8) is 0 Å². The molecule has 0 radical (unpaired) electrons. The average Bonchev–Trinajstić information content (AvgIpc) is 2.33. The standard InChI is InChI=1S/C11H23N3O/c1-9-10(15)13-5-4-6-14(9)8-11(2,3)7-12/h9H,4-8,12H2,1-3H3,(H,13,15). The summed E-state index contributed by atoms with van der Waals surface area (Å²) in [7, 11) is 0. The normalized spacial score (nSPS) is 24.8. The van der Waals surface area contributed by atoms with Gasteiger partial charge in [-0.25, -0.2) is 0 Å². The van der Waals surface area contributed by atoms with Crippen LogP contribution in [0.15, 0.2) is 0 Å². The van der Waals surface area contributed by atoms with Gasteiger partial charge in [0.05, 0.1) is 6.04 Å². The molecule has 0 bridgehead atoms. The molecule has 1 saturated heterocycles. The maximum absolute atomic E-state index is 11.6. The van der Waals surface area contributed by atoms with Crippen LogP contribution in [0.25, 0.3) is 0 Å². The van der Waals surface area contributed by atoms with Gasteiger partial charge in [-0.2, -0.15) is 0 Å². The molecule has 1 heterocycles. The van der Waals surface area contributed by atoms with E-state index in [-0.39, 0.29) is 17.4 Å². The van der Waals surface area contributed by atoms with Gasteiger partial charge >= 0.3 is 0 Å². The molecular weight excluding hydrogens is 190 g/mol. The van der Waals surface area contributed by atoms with Crippen LogP contribution in [0.3, 0.4) is 0 Å². The van der Waals surface area contributed by atoms with Gasteiger partial charge in [0, 0.05) is 19.6 Å². The van der Waals surface area contributed by atoms with Gasteiger partial charge in [-0.15, -0.1) is 0 Å². The molecule has 0 aromatic carbocycles. The SMILES string of the molecule is CC1C(=O)NCCCN1CC(C)(C)CN. The topological polar surface area (TPSA) is 58.4 Å². The fourth-order valence-corrected chi connectivity index (χ4v) is 1.83. The van der Waals surface area contributed by atoms with E-state index < -0.39 is 0 Å². The Morgan fingerprint density at radius 2 is 2.27 bits per heavy atom. The summed E-state index contributed by atoms with van der Waals surface area (Å²) in [5.41, 5.74) is 5.80. The minimum atomic E-state index is -0.0293. The highest BCUT2D eigenvalue weighted by atomic mass is 16.2. The minimum absolute atomic E-state index is 0.0293. The molecule has 1 fully saturated rings. The second-order valence-corrected chi connectivity index (χ2v) is 5.16. The van der Waals surface area contributed by atoms with Gasteiger partial charge < -0.3 is 11.1 Å². The van der Waals surface area contributed by atoms with Gasteiger partial charge in [-0.3, -0.25) is 9.69 Å². The van der Waals surface area contributed by atoms with Crippen LogP contribution >= 0.6 is 0 Å². The van der Waals surface area contributed by atoms with Gasteiger partial charge in [0.1, 0.15) is 0 Å². The first-order chi connectivity index (χ1) is 6.96. The van der Waals surface area contributed by atoms with E-state index in [1.807, 2.05) is 6.92 Å². The van der Waals surface area contributed by atoms with Crippen LogP contribution in [-0.2, 0) is 4.79 Å². The van der Waals surface area contributed by atoms with Crippen LogP contribution < -0.4 is 11.1 Å². The van der Waals surface area contributed by atoms with E-state index in [1.54, 1.807) is 0 Å². The van der Waals surface area contributed by atoms with Gasteiger partial charge in [0.15, 0.2) is 0 Å². The number of carbonyl (C=O) groups is 1. The molecule has 15 heavy (non-hydrogen) atoms. The second-order valence-electron chi connectivity index (χ2n) is 5.16. The molecule has 3 N–H and O–H groups in total. The van der Waals surface area contributed by atoms with Crippen LogP contribution in [0, 0.1) is 5.41 Å². The van der Waals surface area contributed by atoms with E-state index >= 15 is 0 Å². The summed E-state index contributed by atoms with van der Waals surface area (Å²) in [5.74, 6) is 0.139. The number of nitrogens with zero attached hydrogens (tertiary/aromatic N) is 1. The van der Waals surface area contributed by atoms with Gasteiger partial charge in [-0.1, -0.05) is 13.8 Å². The van der Waals surface area contributed by atoms with Crippen molar-refractivity contribution in [3.05, 3.63) is 0 Å². The Bertz CT molecular complexity index is 228. The molecule has 1 rings (SSSR count). The van der Waals surface area contributed by atoms with Crippen LogP contribution in [0.4, 0.5) is 0 Å². The Hall–Kier alpha value is -0.610. The molecule has 0 aromatic rings. The summed E-state index contributed by atoms with van der Waals surface area (Å²) in [6.45, 7) is 9.56. The molecule has 1 aliphatic rings. The summed E-state index contributed by atoms with van der Waals surface area (Å²) in [6.07, 6.45) is 1.02. The van der Waals surface area contributed by atoms with Crippen molar-refractivity contribution in [2.24, 2.45) is 11.1 Å². The summed E-state index contributed by atoms with van der Waals surface area (Å²) in [6, 6.07) is -0.0293. The Morgan fingerprint density at radius 3 is 2.87 bits per heavy atom. The van der Waals surface area contributed by atoms with Crippen molar-refractivity contribution in [1.29, 1.82) is 0 Å². The Balaban J connectivity index is 2.62. The number of carbonyl (C=O) groups excluding carboxylic acids is 1. The lowest BCUT2D eigenvalue weighted by Crippen LogP contribution is -2.47. The molecule has 0 aromatic heterocycles. The third-order valence-electron chi connectivity index (χ3n) is 3.03. The Labute approximate surface area is 92.2 Å². The van der Waals surface area contributed by atoms with Crippen molar-refractivity contribution in [2.45, 2.75) is 33.2 Å². The predicted molar refractivity (Wildman–Crippen MR) is 61.5 cm³/mol. The Kier molecular flexibility index (Phi) is 4.11. The molecule has 4 nitrogen and oxygen atoms in total. The number of amides is 1. The highest BCUT2D eigenvalue weighted by Crippen LogP contribution is 2.17. The van der Waals surface area contributed by atoms with Crippen molar-refractivity contribution >= 4 is 5.91 Å². The molecule has 4 heteroatoms. The third kappa shape index (κ3) is 3.47. The maximum Gasteiger partial charge on any atom is 0.237 e. The molecule has 0 aliphatic carbocycles. The first kappa shape index (κ1) is 12.5. The van der Waals surface area contributed by atoms with Crippen LogP contribution in [0.1, 0.15) is 27.2 Å². The highest BCUT2D eigenvalue weighted by molar-refractivity contribution is 5.81. The van der Waals surface area contributed by atoms with Crippen molar-refractivity contribution in [2.75, 3.05) is 26.2 Å². The first-order valence-electron chi connectivity index (χ1n) is 5.68. The maximum atomic E-state index is 11.6. The highest BCUT2D eigenvalue weighted by Gasteiger charge is 2.28. The number of nitrogens with one attached hydrogen (secondary N) is 1. The van der Waals surface area contributed by atoms with E-state index in [1.165, 1.54) is 0 Å². The lowest BCUT2D eigenvalue weighted by Gasteiger charge is -2.33. The molecule has 88 valence electrons. The smallest absolute Gasteiger partial charge is 0.237 e. The summed E-state index contributed by atoms with van der Waals surface area (Å²) < 4.78 is 0. The van der Waals surface area contributed by atoms with E-state index in [2.05, 4.69) is 24.1 Å². The zero-order valence-electron chi connectivity index (χ0n) is 10.0. The van der Waals surface area contributed by atoms with Crippen molar-refractivity contribution in [1.82, 2.24) is 10.2 Å². The second kappa shape index (κ2) is 4.94. The van der Waals surface area contributed by atoms with Crippen LogP contribution in [0.5, 0.6) is 0 Å². The largest absolute Gasteiger partial charge is 0.355 e. The van der Waals surface area contributed by atoms with Crippen molar-refractivity contribution < 1.29 is 4.79 Å². The summed E-state index contributed by atoms with van der Waals surface area (Å²) >= 11 is 0. The fraction of sp³-hybridized carbons (Fsp3) is 0.909. The summed E-state index contributed by atoms with van der Waals surface area (Å²) in [5, 5.41) is 2.92. The monoisotopic (exact) mass is 213 g/mol. The molecule has 1 unspecified atom stereocenters. The third-order valence-corrected chi connectivity index (χ3v) is 3.03. The lowest BCUT2D eigenvalue weighted by atomic mass is 9.92. The zero-order valence-corrected chi connectivity index (χ0v) is 10.0. The molecule has 1 atom stereocenters. The van der Waals surface area contributed by atoms with E-state index in [9.17, 15) is 4.79 Å².